The van der Waals surface area contributed by atoms with Crippen molar-refractivity contribution in [3.63, 3.8) is 0 Å². The van der Waals surface area contributed by atoms with Gasteiger partial charge in [-0.1, -0.05) is 0 Å². The van der Waals surface area contributed by atoms with E-state index >= 15 is 0 Å². The van der Waals surface area contributed by atoms with Crippen LogP contribution in [0, 0.1) is 0 Å². The highest BCUT2D eigenvalue weighted by Crippen LogP contribution is 2.38. The van der Waals surface area contributed by atoms with E-state index in [0.29, 0.717) is 0 Å². The lowest BCUT2D eigenvalue weighted by Crippen LogP contribution is -2.33. The van der Waals surface area contributed by atoms with E-state index in [0.717, 1.165) is 0 Å². The molecule has 0 aromatic carbocycles. The zero-order valence-electron chi connectivity index (χ0n) is 12.9. The third-order valence-corrected chi connectivity index (χ3v) is 4.18. The molecule has 13 nitrogen and oxygen atoms in total. The topological polar surface area (TPSA) is 198 Å². The van der Waals surface area contributed by atoms with Crippen molar-refractivity contribution in [1.82, 2.24) is 19.5 Å². The molecule has 2 aromatic rings. The van der Waals surface area contributed by atoms with E-state index in [1.807, 2.05) is 0 Å². The fourth-order valence-corrected chi connectivity index (χ4v) is 2.84. The van der Waals surface area contributed by atoms with Gasteiger partial charge in [0, 0.05) is 7.05 Å². The van der Waals surface area contributed by atoms with Gasteiger partial charge in [0.2, 0.25) is 5.95 Å². The minimum atomic E-state index is -4.74. The molecule has 14 heteroatoms. The van der Waals surface area contributed by atoms with Crippen molar-refractivity contribution in [2.75, 3.05) is 24.7 Å². The van der Waals surface area contributed by atoms with Crippen LogP contribution in [-0.4, -0.2) is 71.5 Å². The summed E-state index contributed by atoms with van der Waals surface area (Å²) < 4.78 is 21.9. The van der Waals surface area contributed by atoms with Crippen LogP contribution in [0.15, 0.2) is 6.33 Å². The minimum Gasteiger partial charge on any atom is -0.387 e. The van der Waals surface area contributed by atoms with Gasteiger partial charge in [-0.15, -0.1) is 0 Å². The normalized spacial score (nSPS) is 27.1. The number of phosphoric ester groups is 1. The average molecular weight is 376 g/mol. The number of nitrogen functional groups attached to an aromatic ring is 1. The number of ether oxygens (including phenoxy) is 1. The van der Waals surface area contributed by atoms with Crippen molar-refractivity contribution in [1.29, 1.82) is 0 Å². The van der Waals surface area contributed by atoms with Crippen LogP contribution < -0.4 is 11.1 Å². The first-order valence-electron chi connectivity index (χ1n) is 7.10. The number of aliphatic hydroxyl groups excluding tert-OH is 2. The summed E-state index contributed by atoms with van der Waals surface area (Å²) in [5.74, 6) is 0.337. The molecule has 0 radical (unpaired) electrons. The highest BCUT2D eigenvalue weighted by Gasteiger charge is 2.45. The Bertz CT molecular complexity index is 825. The van der Waals surface area contributed by atoms with Crippen molar-refractivity contribution in [2.24, 2.45) is 0 Å². The molecule has 25 heavy (non-hydrogen) atoms. The van der Waals surface area contributed by atoms with Gasteiger partial charge in [-0.05, 0) is 0 Å². The van der Waals surface area contributed by atoms with Crippen molar-refractivity contribution in [2.45, 2.75) is 24.5 Å². The molecule has 1 saturated heterocycles. The van der Waals surface area contributed by atoms with Crippen LogP contribution >= 0.6 is 7.82 Å². The molecule has 0 unspecified atom stereocenters. The Labute approximate surface area is 140 Å². The molecular weight excluding hydrogens is 359 g/mol. The summed E-state index contributed by atoms with van der Waals surface area (Å²) in [5.41, 5.74) is 6.33. The highest BCUT2D eigenvalue weighted by molar-refractivity contribution is 7.46. The number of phosphoric acid groups is 1. The van der Waals surface area contributed by atoms with Crippen molar-refractivity contribution >= 4 is 30.8 Å². The molecule has 0 amide bonds. The smallest absolute Gasteiger partial charge is 0.387 e. The van der Waals surface area contributed by atoms with Gasteiger partial charge in [0.1, 0.15) is 23.8 Å². The first-order chi connectivity index (χ1) is 11.7. The van der Waals surface area contributed by atoms with Crippen molar-refractivity contribution < 1.29 is 33.8 Å². The predicted octanol–water partition coefficient (Wildman–Crippen LogP) is -1.82. The quantitative estimate of drug-likeness (QED) is 0.320. The summed E-state index contributed by atoms with van der Waals surface area (Å²) >= 11 is 0. The number of imidazole rings is 1. The van der Waals surface area contributed by atoms with E-state index in [1.54, 1.807) is 7.05 Å². The van der Waals surface area contributed by atoms with Crippen LogP contribution in [-0.2, 0) is 13.8 Å². The number of fused-ring (bicyclic) bond motifs is 1. The van der Waals surface area contributed by atoms with Crippen molar-refractivity contribution in [3.05, 3.63) is 6.33 Å². The molecule has 3 heterocycles. The molecule has 138 valence electrons. The predicted molar refractivity (Wildman–Crippen MR) is 83.2 cm³/mol. The standard InChI is InChI=1S/C11H17N6O7P/c1-13-11-15-8(12)5-9(16-11)17(3-14-5)10-7(19)6(18)4(24-10)2-23-25(20,21)22/h3-4,6-7,10,18-19H,2H2,1H3,(H2,20,21,22)(H3,12,13,15,16)/t4-,6-,7-,10-/m1/s1. The maximum Gasteiger partial charge on any atom is 0.469 e. The van der Waals surface area contributed by atoms with Gasteiger partial charge in [-0.25, -0.2) is 9.55 Å². The zero-order valence-corrected chi connectivity index (χ0v) is 13.8. The molecule has 0 bridgehead atoms. The summed E-state index contributed by atoms with van der Waals surface area (Å²) in [4.78, 5) is 29.7. The number of nitrogens with zero attached hydrogens (tertiary/aromatic N) is 4. The number of rotatable bonds is 5. The van der Waals surface area contributed by atoms with Crippen LogP contribution in [0.2, 0.25) is 0 Å². The largest absolute Gasteiger partial charge is 0.469 e. The molecule has 1 aliphatic heterocycles. The molecule has 3 rings (SSSR count). The van der Waals surface area contributed by atoms with E-state index < -0.39 is 39.0 Å². The van der Waals surface area contributed by atoms with Gasteiger partial charge in [-0.2, -0.15) is 9.97 Å². The van der Waals surface area contributed by atoms with Gasteiger partial charge < -0.3 is 35.8 Å². The lowest BCUT2D eigenvalue weighted by Gasteiger charge is -2.16. The first kappa shape index (κ1) is 17.9. The van der Waals surface area contributed by atoms with Gasteiger partial charge in [-0.3, -0.25) is 9.09 Å². The molecule has 0 aliphatic carbocycles. The van der Waals surface area contributed by atoms with E-state index in [1.165, 1.54) is 10.9 Å². The molecule has 4 atom stereocenters. The average Bonchev–Trinajstić information content (AvgIpc) is 3.08. The number of nitrogens with one attached hydrogen (secondary N) is 1. The summed E-state index contributed by atoms with van der Waals surface area (Å²) in [6, 6.07) is 0. The fraction of sp³-hybridized carbons (Fsp3) is 0.545. The number of nitrogens with two attached hydrogens (primary N) is 1. The SMILES string of the molecule is CNc1nc(N)c2ncn([C@@H]3O[C@H](COP(=O)(O)O)[C@@H](O)[C@H]3O)c2n1. The van der Waals surface area contributed by atoms with Crippen molar-refractivity contribution in [3.8, 4) is 0 Å². The summed E-state index contributed by atoms with van der Waals surface area (Å²) in [7, 11) is -3.14. The molecular formula is C11H17N6O7P. The molecule has 0 spiro atoms. The van der Waals surface area contributed by atoms with Gasteiger partial charge in [0.05, 0.1) is 12.9 Å². The number of anilines is 2. The van der Waals surface area contributed by atoms with Gasteiger partial charge in [0.25, 0.3) is 0 Å². The van der Waals surface area contributed by atoms with Gasteiger partial charge in [0.15, 0.2) is 17.7 Å². The maximum absolute atomic E-state index is 10.8. The lowest BCUT2D eigenvalue weighted by molar-refractivity contribution is -0.0503. The van der Waals surface area contributed by atoms with Crippen LogP contribution in [0.4, 0.5) is 11.8 Å². The van der Waals surface area contributed by atoms with E-state index in [2.05, 4.69) is 24.8 Å². The summed E-state index contributed by atoms with van der Waals surface area (Å²) in [5, 5.41) is 23.0. The molecule has 7 N–H and O–H groups in total. The molecule has 1 fully saturated rings. The second-order valence-corrected chi connectivity index (χ2v) is 6.58. The Hall–Kier alpha value is -1.86. The Morgan fingerprint density at radius 2 is 2.12 bits per heavy atom. The summed E-state index contributed by atoms with van der Waals surface area (Å²) in [6.45, 7) is -0.607. The summed E-state index contributed by atoms with van der Waals surface area (Å²) in [6.07, 6.45) is -3.80. The highest BCUT2D eigenvalue weighted by atomic mass is 31.2. The second kappa shape index (κ2) is 6.46. The Kier molecular flexibility index (Phi) is 4.64. The fourth-order valence-electron chi connectivity index (χ4n) is 2.50. The van der Waals surface area contributed by atoms with Crippen LogP contribution in [0.25, 0.3) is 11.2 Å². The number of aliphatic hydroxyl groups is 2. The number of aromatic nitrogens is 4. The van der Waals surface area contributed by atoms with E-state index in [-0.39, 0.29) is 22.9 Å². The monoisotopic (exact) mass is 376 g/mol. The first-order valence-corrected chi connectivity index (χ1v) is 8.64. The number of hydrogen-bond donors (Lipinski definition) is 6. The van der Waals surface area contributed by atoms with Crippen LogP contribution in [0.1, 0.15) is 6.23 Å². The zero-order chi connectivity index (χ0) is 18.4. The Morgan fingerprint density at radius 3 is 2.76 bits per heavy atom. The number of hydrogen-bond acceptors (Lipinski definition) is 10. The van der Waals surface area contributed by atoms with Gasteiger partial charge >= 0.3 is 7.82 Å². The second-order valence-electron chi connectivity index (χ2n) is 5.34. The van der Waals surface area contributed by atoms with Crippen LogP contribution in [0.3, 0.4) is 0 Å². The molecule has 2 aromatic heterocycles. The molecule has 0 saturated carbocycles. The Morgan fingerprint density at radius 1 is 1.40 bits per heavy atom. The Balaban J connectivity index is 1.90. The minimum absolute atomic E-state index is 0.113. The van der Waals surface area contributed by atoms with E-state index in [9.17, 15) is 14.8 Å². The third-order valence-electron chi connectivity index (χ3n) is 3.69. The van der Waals surface area contributed by atoms with Crippen LogP contribution in [0.5, 0.6) is 0 Å². The van der Waals surface area contributed by atoms with E-state index in [4.69, 9.17) is 20.3 Å². The third kappa shape index (κ3) is 3.43. The maximum atomic E-state index is 10.8. The molecule has 1 aliphatic rings. The lowest BCUT2D eigenvalue weighted by atomic mass is 10.1.